The normalized spacial score (nSPS) is 11.4. The number of ether oxygens (including phenoxy) is 2. The highest BCUT2D eigenvalue weighted by molar-refractivity contribution is 7.23. The van der Waals surface area contributed by atoms with Gasteiger partial charge in [0.1, 0.15) is 4.88 Å². The number of carbonyl (C=O) groups is 1. The number of thiazole rings is 1. The smallest absolute Gasteiger partial charge is 0.271 e. The Kier molecular flexibility index (Phi) is 6.34. The van der Waals surface area contributed by atoms with Crippen LogP contribution in [0.2, 0.25) is 5.02 Å². The average Bonchev–Trinajstić information content (AvgIpc) is 3.33. The summed E-state index contributed by atoms with van der Waals surface area (Å²) in [7, 11) is 7.14. The van der Waals surface area contributed by atoms with E-state index in [1.165, 1.54) is 22.7 Å². The van der Waals surface area contributed by atoms with Crippen LogP contribution in [0.5, 0.6) is 11.5 Å². The number of benzene rings is 2. The number of rotatable bonds is 7. The zero-order valence-corrected chi connectivity index (χ0v) is 20.0. The number of aromatic nitrogens is 1. The summed E-state index contributed by atoms with van der Waals surface area (Å²) in [5.74, 6) is 1.08. The molecule has 1 amide bonds. The van der Waals surface area contributed by atoms with Gasteiger partial charge < -0.3 is 14.4 Å². The second-order valence-electron chi connectivity index (χ2n) is 7.17. The molecule has 0 atom stereocenters. The van der Waals surface area contributed by atoms with Crippen molar-refractivity contribution in [2.24, 2.45) is 0 Å². The molecule has 2 aromatic heterocycles. The SMILES string of the molecule is COc1cc2nc(N(CCN(C)C)C(=O)c3sc4ccccc4c3Cl)sc2cc1OC. The van der Waals surface area contributed by atoms with Crippen LogP contribution in [0.25, 0.3) is 20.3 Å². The fourth-order valence-corrected chi connectivity index (χ4v) is 5.68. The highest BCUT2D eigenvalue weighted by Gasteiger charge is 2.26. The van der Waals surface area contributed by atoms with Gasteiger partial charge in [-0.25, -0.2) is 4.98 Å². The van der Waals surface area contributed by atoms with Crippen molar-refractivity contribution in [1.29, 1.82) is 0 Å². The Bertz CT molecular complexity index is 1210. The topological polar surface area (TPSA) is 54.9 Å². The molecule has 0 radical (unpaired) electrons. The molecule has 9 heteroatoms. The summed E-state index contributed by atoms with van der Waals surface area (Å²) in [6.45, 7) is 1.18. The molecule has 0 aliphatic rings. The van der Waals surface area contributed by atoms with E-state index >= 15 is 0 Å². The van der Waals surface area contributed by atoms with Crippen molar-refractivity contribution in [2.45, 2.75) is 0 Å². The molecular weight excluding hydrogens is 454 g/mol. The van der Waals surface area contributed by atoms with Crippen LogP contribution < -0.4 is 14.4 Å². The molecule has 0 bridgehead atoms. The van der Waals surface area contributed by atoms with E-state index < -0.39 is 0 Å². The van der Waals surface area contributed by atoms with Crippen molar-refractivity contribution >= 4 is 65.6 Å². The van der Waals surface area contributed by atoms with E-state index in [0.717, 1.165) is 20.3 Å². The summed E-state index contributed by atoms with van der Waals surface area (Å²) in [6, 6.07) is 11.5. The maximum atomic E-state index is 13.6. The van der Waals surface area contributed by atoms with Gasteiger partial charge in [0.2, 0.25) is 0 Å². The zero-order valence-electron chi connectivity index (χ0n) is 17.6. The Balaban J connectivity index is 1.78. The van der Waals surface area contributed by atoms with Gasteiger partial charge in [-0.15, -0.1) is 11.3 Å². The number of anilines is 1. The van der Waals surface area contributed by atoms with Crippen molar-refractivity contribution < 1.29 is 14.3 Å². The van der Waals surface area contributed by atoms with Gasteiger partial charge in [0.05, 0.1) is 29.5 Å². The van der Waals surface area contributed by atoms with Gasteiger partial charge in [-0.1, -0.05) is 41.1 Å². The van der Waals surface area contributed by atoms with Crippen LogP contribution in [0.4, 0.5) is 5.13 Å². The lowest BCUT2D eigenvalue weighted by molar-refractivity contribution is 0.0989. The lowest BCUT2D eigenvalue weighted by Gasteiger charge is -2.21. The first-order valence-corrected chi connectivity index (χ1v) is 11.6. The van der Waals surface area contributed by atoms with Crippen LogP contribution in [0.3, 0.4) is 0 Å². The first-order valence-electron chi connectivity index (χ1n) is 9.59. The number of methoxy groups -OCH3 is 2. The molecule has 6 nitrogen and oxygen atoms in total. The molecule has 0 unspecified atom stereocenters. The van der Waals surface area contributed by atoms with Gasteiger partial charge in [0.15, 0.2) is 16.6 Å². The predicted molar refractivity (Wildman–Crippen MR) is 130 cm³/mol. The van der Waals surface area contributed by atoms with Gasteiger partial charge in [-0.05, 0) is 20.2 Å². The van der Waals surface area contributed by atoms with Crippen molar-refractivity contribution in [3.8, 4) is 11.5 Å². The van der Waals surface area contributed by atoms with E-state index in [2.05, 4.69) is 0 Å². The Labute approximate surface area is 193 Å². The summed E-state index contributed by atoms with van der Waals surface area (Å²) in [6.07, 6.45) is 0. The van der Waals surface area contributed by atoms with Crippen LogP contribution in [-0.2, 0) is 0 Å². The van der Waals surface area contributed by atoms with E-state index in [1.807, 2.05) is 55.4 Å². The standard InChI is InChI=1S/C22H22ClN3O3S2/c1-25(2)9-10-26(21(27)20-19(23)13-7-5-6-8-17(13)30-20)22-24-14-11-15(28-3)16(29-4)12-18(14)31-22/h5-8,11-12H,9-10H2,1-4H3. The van der Waals surface area contributed by atoms with Gasteiger partial charge in [-0.3, -0.25) is 9.69 Å². The number of carbonyl (C=O) groups excluding carboxylic acids is 1. The van der Waals surface area contributed by atoms with Crippen molar-refractivity contribution in [1.82, 2.24) is 9.88 Å². The molecule has 0 fully saturated rings. The molecule has 4 aromatic rings. The Morgan fingerprint density at radius 1 is 1.03 bits per heavy atom. The molecule has 0 N–H and O–H groups in total. The molecule has 31 heavy (non-hydrogen) atoms. The quantitative estimate of drug-likeness (QED) is 0.358. The first-order chi connectivity index (χ1) is 14.9. The third kappa shape index (κ3) is 4.21. The number of nitrogens with zero attached hydrogens (tertiary/aromatic N) is 3. The molecule has 2 heterocycles. The van der Waals surface area contributed by atoms with Crippen LogP contribution in [0, 0.1) is 0 Å². The monoisotopic (exact) mass is 475 g/mol. The van der Waals surface area contributed by atoms with Crippen molar-refractivity contribution in [3.63, 3.8) is 0 Å². The molecule has 0 saturated carbocycles. The van der Waals surface area contributed by atoms with Crippen LogP contribution in [-0.4, -0.2) is 57.2 Å². The number of likely N-dealkylation sites (N-methyl/N-ethyl adjacent to an activating group) is 1. The summed E-state index contributed by atoms with van der Waals surface area (Å²) in [5.41, 5.74) is 0.753. The Hall–Kier alpha value is -2.39. The lowest BCUT2D eigenvalue weighted by atomic mass is 10.2. The maximum absolute atomic E-state index is 13.6. The van der Waals surface area contributed by atoms with E-state index in [1.54, 1.807) is 19.1 Å². The van der Waals surface area contributed by atoms with Gasteiger partial charge in [-0.2, -0.15) is 0 Å². The molecular formula is C22H22ClN3O3S2. The summed E-state index contributed by atoms with van der Waals surface area (Å²) >= 11 is 9.46. The zero-order chi connectivity index (χ0) is 22.1. The summed E-state index contributed by atoms with van der Waals surface area (Å²) in [4.78, 5) is 22.6. The first kappa shape index (κ1) is 21.8. The fraction of sp³-hybridized carbons (Fsp3) is 0.273. The number of fused-ring (bicyclic) bond motifs is 2. The van der Waals surface area contributed by atoms with Crippen LogP contribution in [0.15, 0.2) is 36.4 Å². The minimum atomic E-state index is -0.147. The van der Waals surface area contributed by atoms with Crippen LogP contribution in [0.1, 0.15) is 9.67 Å². The third-order valence-corrected chi connectivity index (χ3v) is 7.56. The molecule has 2 aromatic carbocycles. The molecule has 0 aliphatic heterocycles. The van der Waals surface area contributed by atoms with Gasteiger partial charge >= 0.3 is 0 Å². The number of thiophene rings is 1. The number of halogens is 1. The number of hydrogen-bond acceptors (Lipinski definition) is 7. The summed E-state index contributed by atoms with van der Waals surface area (Å²) < 4.78 is 12.7. The molecule has 162 valence electrons. The van der Waals surface area contributed by atoms with Crippen molar-refractivity contribution in [2.75, 3.05) is 46.3 Å². The van der Waals surface area contributed by atoms with Gasteiger partial charge in [0.25, 0.3) is 5.91 Å². The maximum Gasteiger partial charge on any atom is 0.271 e. The molecule has 4 rings (SSSR count). The highest BCUT2D eigenvalue weighted by atomic mass is 35.5. The minimum Gasteiger partial charge on any atom is -0.493 e. The summed E-state index contributed by atoms with van der Waals surface area (Å²) in [5, 5.41) is 2.00. The minimum absolute atomic E-state index is 0.147. The van der Waals surface area contributed by atoms with E-state index in [-0.39, 0.29) is 5.91 Å². The Morgan fingerprint density at radius 2 is 1.74 bits per heavy atom. The lowest BCUT2D eigenvalue weighted by Crippen LogP contribution is -2.36. The van der Waals surface area contributed by atoms with Crippen LogP contribution >= 0.6 is 34.3 Å². The van der Waals surface area contributed by atoms with E-state index in [0.29, 0.717) is 39.6 Å². The number of amides is 1. The molecule has 0 spiro atoms. The highest BCUT2D eigenvalue weighted by Crippen LogP contribution is 2.40. The second kappa shape index (κ2) is 9.00. The second-order valence-corrected chi connectivity index (χ2v) is 9.61. The predicted octanol–water partition coefficient (Wildman–Crippen LogP) is 5.39. The molecule has 0 aliphatic carbocycles. The van der Waals surface area contributed by atoms with Gasteiger partial charge in [0, 0.05) is 35.3 Å². The van der Waals surface area contributed by atoms with E-state index in [4.69, 9.17) is 26.1 Å². The van der Waals surface area contributed by atoms with E-state index in [9.17, 15) is 4.79 Å². The van der Waals surface area contributed by atoms with Crippen molar-refractivity contribution in [3.05, 3.63) is 46.3 Å². The molecule has 0 saturated heterocycles. The Morgan fingerprint density at radius 3 is 2.42 bits per heavy atom. The average molecular weight is 476 g/mol. The largest absolute Gasteiger partial charge is 0.493 e. The number of hydrogen-bond donors (Lipinski definition) is 0. The fourth-order valence-electron chi connectivity index (χ4n) is 3.22. The third-order valence-electron chi connectivity index (χ3n) is 4.86.